The number of hydrogen-bond donors (Lipinski definition) is 1. The van der Waals surface area contributed by atoms with Gasteiger partial charge >= 0.3 is 0 Å². The molecule has 2 unspecified atom stereocenters. The predicted octanol–water partition coefficient (Wildman–Crippen LogP) is 4.17. The van der Waals surface area contributed by atoms with Crippen LogP contribution in [0.4, 0.5) is 0 Å². The van der Waals surface area contributed by atoms with Crippen LogP contribution >= 0.6 is 0 Å². The molecule has 0 bridgehead atoms. The Morgan fingerprint density at radius 2 is 2.00 bits per heavy atom. The van der Waals surface area contributed by atoms with Gasteiger partial charge in [0.25, 0.3) is 0 Å². The highest BCUT2D eigenvalue weighted by atomic mass is 16.5. The van der Waals surface area contributed by atoms with Crippen LogP contribution in [0.5, 0.6) is 0 Å². The van der Waals surface area contributed by atoms with Crippen LogP contribution in [0.1, 0.15) is 55.7 Å². The quantitative estimate of drug-likeness (QED) is 0.813. The second kappa shape index (κ2) is 8.55. The maximum atomic E-state index is 5.95. The lowest BCUT2D eigenvalue weighted by Gasteiger charge is -2.28. The molecule has 2 nitrogen and oxygen atoms in total. The van der Waals surface area contributed by atoms with Crippen molar-refractivity contribution in [1.82, 2.24) is 5.32 Å². The highest BCUT2D eigenvalue weighted by Crippen LogP contribution is 2.21. The molecule has 2 atom stereocenters. The van der Waals surface area contributed by atoms with Gasteiger partial charge in [-0.1, -0.05) is 25.1 Å². The average molecular weight is 289 g/mol. The molecular weight excluding hydrogens is 258 g/mol. The summed E-state index contributed by atoms with van der Waals surface area (Å²) in [5, 5.41) is 3.74. The van der Waals surface area contributed by atoms with Gasteiger partial charge in [0.15, 0.2) is 0 Å². The zero-order valence-corrected chi connectivity index (χ0v) is 14.0. The van der Waals surface area contributed by atoms with Crippen molar-refractivity contribution in [3.8, 4) is 0 Å². The fraction of sp³-hybridized carbons (Fsp3) is 0.684. The van der Waals surface area contributed by atoms with Gasteiger partial charge in [0, 0.05) is 12.6 Å². The fourth-order valence-electron chi connectivity index (χ4n) is 3.32. The molecule has 0 amide bonds. The van der Waals surface area contributed by atoms with E-state index in [1.807, 2.05) is 0 Å². The van der Waals surface area contributed by atoms with Crippen LogP contribution in [-0.2, 0) is 11.2 Å². The first-order valence-electron chi connectivity index (χ1n) is 8.60. The van der Waals surface area contributed by atoms with Gasteiger partial charge in [0.1, 0.15) is 0 Å². The van der Waals surface area contributed by atoms with Gasteiger partial charge in [-0.25, -0.2) is 0 Å². The highest BCUT2D eigenvalue weighted by molar-refractivity contribution is 5.34. The largest absolute Gasteiger partial charge is 0.378 e. The molecule has 1 fully saturated rings. The van der Waals surface area contributed by atoms with Gasteiger partial charge in [-0.3, -0.25) is 0 Å². The molecule has 0 aliphatic carbocycles. The topological polar surface area (TPSA) is 21.3 Å². The molecule has 2 rings (SSSR count). The minimum atomic E-state index is 0.456. The molecule has 0 radical (unpaired) electrons. The molecule has 2 heteroatoms. The summed E-state index contributed by atoms with van der Waals surface area (Å²) in [4.78, 5) is 0. The van der Waals surface area contributed by atoms with E-state index >= 15 is 0 Å². The number of rotatable bonds is 7. The van der Waals surface area contributed by atoms with Gasteiger partial charge in [-0.05, 0) is 75.6 Å². The Morgan fingerprint density at radius 1 is 1.24 bits per heavy atom. The molecule has 1 aromatic rings. The molecule has 0 aromatic heterocycles. The number of benzene rings is 1. The predicted molar refractivity (Wildman–Crippen MR) is 89.9 cm³/mol. The minimum absolute atomic E-state index is 0.456. The Morgan fingerprint density at radius 3 is 2.62 bits per heavy atom. The number of hydrogen-bond acceptors (Lipinski definition) is 2. The van der Waals surface area contributed by atoms with Crippen molar-refractivity contribution in [3.63, 3.8) is 0 Å². The van der Waals surface area contributed by atoms with E-state index in [1.54, 1.807) is 0 Å². The Bertz CT molecular complexity index is 403. The van der Waals surface area contributed by atoms with Crippen LogP contribution in [0.25, 0.3) is 0 Å². The highest BCUT2D eigenvalue weighted by Gasteiger charge is 2.20. The van der Waals surface area contributed by atoms with Crippen LogP contribution in [0.3, 0.4) is 0 Å². The van der Waals surface area contributed by atoms with Crippen molar-refractivity contribution in [2.45, 2.75) is 71.4 Å². The van der Waals surface area contributed by atoms with Crippen LogP contribution in [-0.4, -0.2) is 25.3 Å². The van der Waals surface area contributed by atoms with Crippen LogP contribution in [0.15, 0.2) is 18.2 Å². The van der Waals surface area contributed by atoms with Gasteiger partial charge < -0.3 is 10.1 Å². The van der Waals surface area contributed by atoms with Crippen LogP contribution in [0.2, 0.25) is 0 Å². The second-order valence-corrected chi connectivity index (χ2v) is 6.45. The Labute approximate surface area is 130 Å². The number of aryl methyl sites for hydroxylation is 2. The zero-order chi connectivity index (χ0) is 15.1. The lowest BCUT2D eigenvalue weighted by atomic mass is 9.92. The minimum Gasteiger partial charge on any atom is -0.378 e. The van der Waals surface area contributed by atoms with Gasteiger partial charge in [0.2, 0.25) is 0 Å². The maximum absolute atomic E-state index is 5.95. The molecule has 1 heterocycles. The van der Waals surface area contributed by atoms with E-state index in [0.717, 1.165) is 26.0 Å². The van der Waals surface area contributed by atoms with Crippen molar-refractivity contribution < 1.29 is 4.74 Å². The monoisotopic (exact) mass is 289 g/mol. The molecule has 118 valence electrons. The van der Waals surface area contributed by atoms with E-state index in [2.05, 4.69) is 44.3 Å². The second-order valence-electron chi connectivity index (χ2n) is 6.45. The van der Waals surface area contributed by atoms with Crippen molar-refractivity contribution >= 4 is 0 Å². The maximum Gasteiger partial charge on any atom is 0.0590 e. The summed E-state index contributed by atoms with van der Waals surface area (Å²) in [5.74, 6) is 0. The van der Waals surface area contributed by atoms with Crippen molar-refractivity contribution in [1.29, 1.82) is 0 Å². The summed E-state index contributed by atoms with van der Waals surface area (Å²) < 4.78 is 5.95. The Hall–Kier alpha value is -0.860. The van der Waals surface area contributed by atoms with Gasteiger partial charge in [-0.2, -0.15) is 0 Å². The normalized spacial score (nSPS) is 20.4. The van der Waals surface area contributed by atoms with E-state index in [-0.39, 0.29) is 0 Å². The van der Waals surface area contributed by atoms with E-state index in [9.17, 15) is 0 Å². The summed E-state index contributed by atoms with van der Waals surface area (Å²) >= 11 is 0. The summed E-state index contributed by atoms with van der Waals surface area (Å²) in [6.07, 6.45) is 7.71. The van der Waals surface area contributed by atoms with Gasteiger partial charge in [0.05, 0.1) is 6.10 Å². The summed E-state index contributed by atoms with van der Waals surface area (Å²) in [6, 6.07) is 7.16. The third-order valence-corrected chi connectivity index (χ3v) is 4.60. The molecular formula is C19H31NO. The molecule has 21 heavy (non-hydrogen) atoms. The van der Waals surface area contributed by atoms with Crippen LogP contribution in [0, 0.1) is 13.8 Å². The first-order chi connectivity index (χ1) is 10.2. The third kappa shape index (κ3) is 5.12. The molecule has 0 spiro atoms. The SMILES string of the molecule is CCCNC(Cc1c(C)cccc1C)CC1CCCCO1. The summed E-state index contributed by atoms with van der Waals surface area (Å²) in [7, 11) is 0. The van der Waals surface area contributed by atoms with Crippen LogP contribution < -0.4 is 5.32 Å². The summed E-state index contributed by atoms with van der Waals surface area (Å²) in [6.45, 7) is 8.75. The first-order valence-corrected chi connectivity index (χ1v) is 8.60. The smallest absolute Gasteiger partial charge is 0.0590 e. The molecule has 1 aliphatic rings. The standard InChI is InChI=1S/C19H31NO/c1-4-11-20-17(13-18-10-5-6-12-21-18)14-19-15(2)8-7-9-16(19)3/h7-9,17-18,20H,4-6,10-14H2,1-3H3. The number of nitrogens with one attached hydrogen (secondary N) is 1. The molecule has 1 saturated heterocycles. The molecule has 1 aromatic carbocycles. The van der Waals surface area contributed by atoms with Crippen molar-refractivity contribution in [3.05, 3.63) is 34.9 Å². The lowest BCUT2D eigenvalue weighted by molar-refractivity contribution is 0.00524. The Balaban J connectivity index is 2.01. The number of ether oxygens (including phenoxy) is 1. The van der Waals surface area contributed by atoms with Gasteiger partial charge in [-0.15, -0.1) is 0 Å². The van der Waals surface area contributed by atoms with E-state index in [1.165, 1.54) is 42.4 Å². The zero-order valence-electron chi connectivity index (χ0n) is 14.0. The third-order valence-electron chi connectivity index (χ3n) is 4.60. The molecule has 1 aliphatic heterocycles. The first kappa shape index (κ1) is 16.5. The molecule has 1 N–H and O–H groups in total. The van der Waals surface area contributed by atoms with Crippen molar-refractivity contribution in [2.24, 2.45) is 0 Å². The van der Waals surface area contributed by atoms with E-state index in [0.29, 0.717) is 12.1 Å². The lowest BCUT2D eigenvalue weighted by Crippen LogP contribution is -2.37. The average Bonchev–Trinajstić information content (AvgIpc) is 2.49. The molecule has 0 saturated carbocycles. The van der Waals surface area contributed by atoms with E-state index < -0.39 is 0 Å². The fourth-order valence-corrected chi connectivity index (χ4v) is 3.32. The van der Waals surface area contributed by atoms with Crippen molar-refractivity contribution in [2.75, 3.05) is 13.2 Å². The van der Waals surface area contributed by atoms with E-state index in [4.69, 9.17) is 4.74 Å². The summed E-state index contributed by atoms with van der Waals surface area (Å²) in [5.41, 5.74) is 4.35. The Kier molecular flexibility index (Phi) is 6.72.